The predicted octanol–water partition coefficient (Wildman–Crippen LogP) is 3.79. The number of aliphatic hydroxyl groups excluding tert-OH is 1. The summed E-state index contributed by atoms with van der Waals surface area (Å²) in [5.41, 5.74) is 0.540. The number of nitrogens with zero attached hydrogens (tertiary/aromatic N) is 2. The van der Waals surface area contributed by atoms with Crippen molar-refractivity contribution in [1.29, 1.82) is 0 Å². The molecule has 1 N–H and O–H groups in total. The SMILES string of the molecule is Cc1ccc(C(=O)C2=C(O)C(=O)N(CCN3CCCCC3)C2c2ccc(F)cc2)o1. The van der Waals surface area contributed by atoms with E-state index >= 15 is 0 Å². The molecule has 2 aromatic rings. The van der Waals surface area contributed by atoms with Gasteiger partial charge >= 0.3 is 0 Å². The Bertz CT molecular complexity index is 973. The van der Waals surface area contributed by atoms with Crippen molar-refractivity contribution in [3.63, 3.8) is 0 Å². The number of hydrogen-bond acceptors (Lipinski definition) is 5. The second kappa shape index (κ2) is 8.44. The highest BCUT2D eigenvalue weighted by molar-refractivity contribution is 6.15. The molecule has 7 heteroatoms. The van der Waals surface area contributed by atoms with Gasteiger partial charge in [0, 0.05) is 13.1 Å². The van der Waals surface area contributed by atoms with Crippen LogP contribution in [0.2, 0.25) is 0 Å². The first-order chi connectivity index (χ1) is 14.5. The van der Waals surface area contributed by atoms with Crippen molar-refractivity contribution in [2.45, 2.75) is 32.2 Å². The molecule has 158 valence electrons. The fraction of sp³-hybridized carbons (Fsp3) is 0.391. The number of aliphatic hydroxyl groups is 1. The van der Waals surface area contributed by atoms with Crippen molar-refractivity contribution >= 4 is 11.7 Å². The van der Waals surface area contributed by atoms with Gasteiger partial charge in [-0.15, -0.1) is 0 Å². The molecule has 0 saturated carbocycles. The van der Waals surface area contributed by atoms with Gasteiger partial charge in [0.1, 0.15) is 11.6 Å². The molecule has 2 aliphatic heterocycles. The van der Waals surface area contributed by atoms with Crippen molar-refractivity contribution in [3.05, 3.63) is 70.6 Å². The molecule has 1 aromatic heterocycles. The van der Waals surface area contributed by atoms with E-state index in [9.17, 15) is 19.1 Å². The third kappa shape index (κ3) is 3.89. The molecule has 1 amide bonds. The number of ketones is 1. The van der Waals surface area contributed by atoms with E-state index in [1.807, 2.05) is 0 Å². The van der Waals surface area contributed by atoms with E-state index in [0.717, 1.165) is 25.9 Å². The Morgan fingerprint density at radius 1 is 1.10 bits per heavy atom. The summed E-state index contributed by atoms with van der Waals surface area (Å²) < 4.78 is 19.0. The van der Waals surface area contributed by atoms with Gasteiger partial charge in [-0.3, -0.25) is 9.59 Å². The molecule has 0 bridgehead atoms. The Hall–Kier alpha value is -2.93. The predicted molar refractivity (Wildman–Crippen MR) is 109 cm³/mol. The van der Waals surface area contributed by atoms with Crippen LogP contribution >= 0.6 is 0 Å². The maximum atomic E-state index is 13.5. The molecular weight excluding hydrogens is 387 g/mol. The van der Waals surface area contributed by atoms with Crippen molar-refractivity contribution < 1.29 is 23.5 Å². The number of rotatable bonds is 6. The molecular formula is C23H25FN2O4. The number of piperidine rings is 1. The summed E-state index contributed by atoms with van der Waals surface area (Å²) >= 11 is 0. The molecule has 0 radical (unpaired) electrons. The summed E-state index contributed by atoms with van der Waals surface area (Å²) in [5.74, 6) is -1.49. The molecule has 30 heavy (non-hydrogen) atoms. The van der Waals surface area contributed by atoms with E-state index in [4.69, 9.17) is 4.42 Å². The number of carbonyl (C=O) groups excluding carboxylic acids is 2. The van der Waals surface area contributed by atoms with E-state index < -0.39 is 29.3 Å². The highest BCUT2D eigenvalue weighted by Crippen LogP contribution is 2.39. The molecule has 1 fully saturated rings. The smallest absolute Gasteiger partial charge is 0.290 e. The first kappa shape index (κ1) is 20.3. The van der Waals surface area contributed by atoms with Gasteiger partial charge in [-0.05, 0) is 62.7 Å². The van der Waals surface area contributed by atoms with Gasteiger partial charge in [0.15, 0.2) is 11.5 Å². The lowest BCUT2D eigenvalue weighted by Gasteiger charge is -2.31. The largest absolute Gasteiger partial charge is 0.503 e. The quantitative estimate of drug-likeness (QED) is 0.731. The number of Topliss-reactive ketones (excluding diaryl/α,β-unsaturated/α-hetero) is 1. The summed E-state index contributed by atoms with van der Waals surface area (Å²) in [6, 6.07) is 8.05. The first-order valence-electron chi connectivity index (χ1n) is 10.3. The van der Waals surface area contributed by atoms with Gasteiger partial charge < -0.3 is 19.3 Å². The lowest BCUT2D eigenvalue weighted by molar-refractivity contribution is -0.129. The topological polar surface area (TPSA) is 74.0 Å². The Kier molecular flexibility index (Phi) is 5.72. The molecule has 1 atom stereocenters. The average Bonchev–Trinajstić information content (AvgIpc) is 3.29. The summed E-state index contributed by atoms with van der Waals surface area (Å²) in [6.07, 6.45) is 3.46. The molecule has 1 aromatic carbocycles. The van der Waals surface area contributed by atoms with Crippen LogP contribution in [0.15, 0.2) is 52.1 Å². The molecule has 1 unspecified atom stereocenters. The summed E-state index contributed by atoms with van der Waals surface area (Å²) in [5, 5.41) is 10.6. The number of carbonyl (C=O) groups is 2. The third-order valence-electron chi connectivity index (χ3n) is 5.80. The number of furan rings is 1. The summed E-state index contributed by atoms with van der Waals surface area (Å²) in [4.78, 5) is 29.8. The number of aryl methyl sites for hydroxylation is 1. The second-order valence-electron chi connectivity index (χ2n) is 7.86. The Morgan fingerprint density at radius 2 is 1.80 bits per heavy atom. The van der Waals surface area contributed by atoms with Gasteiger partial charge in [0.05, 0.1) is 11.6 Å². The highest BCUT2D eigenvalue weighted by atomic mass is 19.1. The monoisotopic (exact) mass is 412 g/mol. The zero-order chi connectivity index (χ0) is 21.3. The van der Waals surface area contributed by atoms with Crippen LogP contribution in [0.25, 0.3) is 0 Å². The third-order valence-corrected chi connectivity index (χ3v) is 5.80. The van der Waals surface area contributed by atoms with Crippen molar-refractivity contribution in [1.82, 2.24) is 9.80 Å². The lowest BCUT2D eigenvalue weighted by Crippen LogP contribution is -2.40. The first-order valence-corrected chi connectivity index (χ1v) is 10.3. The minimum Gasteiger partial charge on any atom is -0.503 e. The maximum Gasteiger partial charge on any atom is 0.290 e. The van der Waals surface area contributed by atoms with Crippen LogP contribution in [0.5, 0.6) is 0 Å². The lowest BCUT2D eigenvalue weighted by atomic mass is 9.95. The van der Waals surface area contributed by atoms with Crippen LogP contribution in [-0.2, 0) is 4.79 Å². The maximum absolute atomic E-state index is 13.5. The van der Waals surface area contributed by atoms with Gasteiger partial charge in [-0.25, -0.2) is 4.39 Å². The van der Waals surface area contributed by atoms with E-state index in [2.05, 4.69) is 4.90 Å². The molecule has 3 heterocycles. The van der Waals surface area contributed by atoms with Crippen LogP contribution < -0.4 is 0 Å². The fourth-order valence-electron chi connectivity index (χ4n) is 4.23. The molecule has 1 saturated heterocycles. The van der Waals surface area contributed by atoms with Gasteiger partial charge in [-0.2, -0.15) is 0 Å². The van der Waals surface area contributed by atoms with E-state index in [0.29, 0.717) is 24.4 Å². The number of benzene rings is 1. The molecule has 4 rings (SSSR count). The molecule has 0 spiro atoms. The van der Waals surface area contributed by atoms with Crippen LogP contribution in [0.3, 0.4) is 0 Å². The van der Waals surface area contributed by atoms with Gasteiger partial charge in [0.2, 0.25) is 5.78 Å². The standard InChI is InChI=1S/C23H25FN2O4/c1-15-5-10-18(30-15)21(27)19-20(16-6-8-17(24)9-7-16)26(23(29)22(19)28)14-13-25-11-3-2-4-12-25/h5-10,20,28H,2-4,11-14H2,1H3. The number of amides is 1. The molecule has 0 aliphatic carbocycles. The van der Waals surface area contributed by atoms with Crippen LogP contribution in [0.4, 0.5) is 4.39 Å². The van der Waals surface area contributed by atoms with Gasteiger partial charge in [0.25, 0.3) is 5.91 Å². The van der Waals surface area contributed by atoms with E-state index in [-0.39, 0.29) is 11.3 Å². The van der Waals surface area contributed by atoms with Crippen LogP contribution in [-0.4, -0.2) is 52.8 Å². The molecule has 6 nitrogen and oxygen atoms in total. The molecule has 2 aliphatic rings. The minimum atomic E-state index is -0.791. The highest BCUT2D eigenvalue weighted by Gasteiger charge is 2.44. The zero-order valence-electron chi connectivity index (χ0n) is 16.9. The minimum absolute atomic E-state index is 0.0281. The Labute approximate surface area is 174 Å². The Balaban J connectivity index is 1.66. The number of halogens is 1. The Morgan fingerprint density at radius 3 is 2.43 bits per heavy atom. The van der Waals surface area contributed by atoms with Crippen molar-refractivity contribution in [2.75, 3.05) is 26.2 Å². The summed E-state index contributed by atoms with van der Waals surface area (Å²) in [7, 11) is 0. The van der Waals surface area contributed by atoms with Crippen LogP contribution in [0, 0.1) is 12.7 Å². The number of likely N-dealkylation sites (tertiary alicyclic amines) is 1. The normalized spacial score (nSPS) is 20.3. The number of hydrogen-bond donors (Lipinski definition) is 1. The van der Waals surface area contributed by atoms with Gasteiger partial charge in [-0.1, -0.05) is 18.6 Å². The zero-order valence-corrected chi connectivity index (χ0v) is 16.9. The summed E-state index contributed by atoms with van der Waals surface area (Å²) in [6.45, 7) is 4.67. The van der Waals surface area contributed by atoms with E-state index in [1.165, 1.54) is 29.5 Å². The van der Waals surface area contributed by atoms with Crippen molar-refractivity contribution in [2.24, 2.45) is 0 Å². The van der Waals surface area contributed by atoms with Crippen molar-refractivity contribution in [3.8, 4) is 0 Å². The second-order valence-corrected chi connectivity index (χ2v) is 7.86. The van der Waals surface area contributed by atoms with E-state index in [1.54, 1.807) is 25.1 Å². The van der Waals surface area contributed by atoms with Crippen LogP contribution in [0.1, 0.15) is 47.2 Å². The average molecular weight is 412 g/mol. The fourth-order valence-corrected chi connectivity index (χ4v) is 4.23.